The van der Waals surface area contributed by atoms with Crippen LogP contribution in [-0.2, 0) is 14.6 Å². The van der Waals surface area contributed by atoms with Crippen LogP contribution < -0.4 is 4.74 Å². The van der Waals surface area contributed by atoms with Crippen molar-refractivity contribution in [2.75, 3.05) is 11.5 Å². The Morgan fingerprint density at radius 1 is 1.37 bits per heavy atom. The van der Waals surface area contributed by atoms with E-state index in [1.54, 1.807) is 6.07 Å². The van der Waals surface area contributed by atoms with E-state index in [1.807, 2.05) is 26.0 Å². The average Bonchev–Trinajstić information content (AvgIpc) is 2.62. The summed E-state index contributed by atoms with van der Waals surface area (Å²) in [5.74, 6) is 0.400. The summed E-state index contributed by atoms with van der Waals surface area (Å²) >= 11 is 0. The molecule has 1 atom stereocenters. The second kappa shape index (κ2) is 5.33. The predicted molar refractivity (Wildman–Crippen MR) is 72.9 cm³/mol. The maximum Gasteiger partial charge on any atom is 0.311 e. The summed E-state index contributed by atoms with van der Waals surface area (Å²) in [6.45, 7) is 3.86. The van der Waals surface area contributed by atoms with E-state index in [0.717, 1.165) is 11.1 Å². The van der Waals surface area contributed by atoms with E-state index in [4.69, 9.17) is 4.74 Å². The van der Waals surface area contributed by atoms with E-state index >= 15 is 0 Å². The number of ether oxygens (including phenoxy) is 1. The van der Waals surface area contributed by atoms with Crippen molar-refractivity contribution >= 4 is 15.8 Å². The monoisotopic (exact) mass is 282 g/mol. The van der Waals surface area contributed by atoms with Gasteiger partial charge in [-0.15, -0.1) is 0 Å². The lowest BCUT2D eigenvalue weighted by Gasteiger charge is -2.10. The molecule has 0 bridgehead atoms. The van der Waals surface area contributed by atoms with Crippen LogP contribution in [0.25, 0.3) is 0 Å². The highest BCUT2D eigenvalue weighted by Gasteiger charge is 2.30. The first-order chi connectivity index (χ1) is 8.85. The molecule has 1 aliphatic heterocycles. The van der Waals surface area contributed by atoms with Crippen LogP contribution in [0.4, 0.5) is 0 Å². The largest absolute Gasteiger partial charge is 0.426 e. The van der Waals surface area contributed by atoms with E-state index in [0.29, 0.717) is 12.2 Å². The molecular formula is C14H18O4S. The summed E-state index contributed by atoms with van der Waals surface area (Å²) in [4.78, 5) is 11.8. The summed E-state index contributed by atoms with van der Waals surface area (Å²) in [5, 5.41) is 0. The predicted octanol–water partition coefficient (Wildman–Crippen LogP) is 2.03. The van der Waals surface area contributed by atoms with Gasteiger partial charge in [0.1, 0.15) is 5.75 Å². The molecule has 19 heavy (non-hydrogen) atoms. The Hall–Kier alpha value is -1.36. The maximum absolute atomic E-state index is 11.8. The molecule has 1 heterocycles. The molecule has 1 aromatic carbocycles. The zero-order valence-corrected chi connectivity index (χ0v) is 12.0. The van der Waals surface area contributed by atoms with Crippen LogP contribution in [0.1, 0.15) is 24.0 Å². The van der Waals surface area contributed by atoms with Gasteiger partial charge in [-0.2, -0.15) is 0 Å². The van der Waals surface area contributed by atoms with Gasteiger partial charge in [-0.3, -0.25) is 4.79 Å². The van der Waals surface area contributed by atoms with E-state index in [2.05, 4.69) is 0 Å². The summed E-state index contributed by atoms with van der Waals surface area (Å²) < 4.78 is 27.9. The molecule has 0 amide bonds. The third kappa shape index (κ3) is 3.80. The quantitative estimate of drug-likeness (QED) is 0.628. The third-order valence-electron chi connectivity index (χ3n) is 3.34. The molecule has 0 saturated carbocycles. The Morgan fingerprint density at radius 3 is 2.68 bits per heavy atom. The summed E-state index contributed by atoms with van der Waals surface area (Å²) in [6.07, 6.45) is 0.733. The minimum atomic E-state index is -2.94. The number of hydrogen-bond acceptors (Lipinski definition) is 4. The smallest absolute Gasteiger partial charge is 0.311 e. The van der Waals surface area contributed by atoms with Crippen molar-refractivity contribution in [1.29, 1.82) is 0 Å². The molecule has 0 N–H and O–H groups in total. The number of esters is 1. The number of carbonyl (C=O) groups is 1. The lowest BCUT2D eigenvalue weighted by Crippen LogP contribution is -2.15. The fourth-order valence-corrected chi connectivity index (χ4v) is 4.21. The highest BCUT2D eigenvalue weighted by Crippen LogP contribution is 2.24. The molecule has 2 rings (SSSR count). The molecule has 104 valence electrons. The van der Waals surface area contributed by atoms with Crippen molar-refractivity contribution in [2.24, 2.45) is 5.92 Å². The summed E-state index contributed by atoms with van der Waals surface area (Å²) in [7, 11) is -2.94. The first-order valence-corrected chi connectivity index (χ1v) is 8.16. The standard InChI is InChI=1S/C14H18O4S/c1-10-3-4-13(11(2)7-10)18-14(15)8-12-5-6-19(16,17)9-12/h3-4,7,12H,5-6,8-9H2,1-2H3. The van der Waals surface area contributed by atoms with E-state index in [-0.39, 0.29) is 29.8 Å². The Bertz CT molecular complexity index is 589. The topological polar surface area (TPSA) is 60.4 Å². The van der Waals surface area contributed by atoms with Crippen molar-refractivity contribution in [3.63, 3.8) is 0 Å². The van der Waals surface area contributed by atoms with Gasteiger partial charge in [0.05, 0.1) is 11.5 Å². The number of rotatable bonds is 3. The molecule has 0 radical (unpaired) electrons. The van der Waals surface area contributed by atoms with E-state index in [9.17, 15) is 13.2 Å². The lowest BCUT2D eigenvalue weighted by atomic mass is 10.1. The van der Waals surface area contributed by atoms with Crippen molar-refractivity contribution in [1.82, 2.24) is 0 Å². The molecule has 0 aliphatic carbocycles. The molecule has 1 saturated heterocycles. The van der Waals surface area contributed by atoms with Gasteiger partial charge in [0.2, 0.25) is 0 Å². The van der Waals surface area contributed by atoms with Gasteiger partial charge in [0.15, 0.2) is 9.84 Å². The molecule has 4 nitrogen and oxygen atoms in total. The van der Waals surface area contributed by atoms with Crippen LogP contribution >= 0.6 is 0 Å². The van der Waals surface area contributed by atoms with Gasteiger partial charge in [0, 0.05) is 6.42 Å². The number of aryl methyl sites for hydroxylation is 2. The van der Waals surface area contributed by atoms with Crippen LogP contribution in [0.3, 0.4) is 0 Å². The van der Waals surface area contributed by atoms with Gasteiger partial charge < -0.3 is 4.74 Å². The number of benzene rings is 1. The maximum atomic E-state index is 11.8. The Balaban J connectivity index is 1.95. The van der Waals surface area contributed by atoms with Gasteiger partial charge >= 0.3 is 5.97 Å². The van der Waals surface area contributed by atoms with Crippen LogP contribution in [0.2, 0.25) is 0 Å². The van der Waals surface area contributed by atoms with Gasteiger partial charge in [-0.05, 0) is 37.8 Å². The molecule has 1 unspecified atom stereocenters. The summed E-state index contributed by atoms with van der Waals surface area (Å²) in [6, 6.07) is 5.60. The minimum absolute atomic E-state index is 0.0942. The van der Waals surface area contributed by atoms with E-state index < -0.39 is 9.84 Å². The van der Waals surface area contributed by atoms with Gasteiger partial charge in [-0.1, -0.05) is 17.7 Å². The van der Waals surface area contributed by atoms with Crippen LogP contribution in [-0.4, -0.2) is 25.9 Å². The zero-order chi connectivity index (χ0) is 14.0. The minimum Gasteiger partial charge on any atom is -0.426 e. The van der Waals surface area contributed by atoms with Gasteiger partial charge in [0.25, 0.3) is 0 Å². The fraction of sp³-hybridized carbons (Fsp3) is 0.500. The highest BCUT2D eigenvalue weighted by molar-refractivity contribution is 7.91. The molecule has 5 heteroatoms. The SMILES string of the molecule is Cc1ccc(OC(=O)CC2CCS(=O)(=O)C2)c(C)c1. The van der Waals surface area contributed by atoms with Crippen LogP contribution in [0.5, 0.6) is 5.75 Å². The van der Waals surface area contributed by atoms with E-state index in [1.165, 1.54) is 0 Å². The normalized spacial score (nSPS) is 21.3. The number of hydrogen-bond donors (Lipinski definition) is 0. The Kier molecular flexibility index (Phi) is 3.94. The number of carbonyl (C=O) groups excluding carboxylic acids is 1. The number of sulfone groups is 1. The van der Waals surface area contributed by atoms with Crippen molar-refractivity contribution < 1.29 is 17.9 Å². The van der Waals surface area contributed by atoms with Crippen LogP contribution in [0.15, 0.2) is 18.2 Å². The van der Waals surface area contributed by atoms with Crippen LogP contribution in [0, 0.1) is 19.8 Å². The second-order valence-electron chi connectivity index (χ2n) is 5.22. The fourth-order valence-electron chi connectivity index (χ4n) is 2.35. The molecule has 1 fully saturated rings. The zero-order valence-electron chi connectivity index (χ0n) is 11.2. The molecule has 1 aliphatic rings. The molecule has 1 aromatic rings. The molecular weight excluding hydrogens is 264 g/mol. The summed E-state index contributed by atoms with van der Waals surface area (Å²) in [5.41, 5.74) is 2.02. The first kappa shape index (κ1) is 14.1. The lowest BCUT2D eigenvalue weighted by molar-refractivity contribution is -0.135. The molecule has 0 aromatic heterocycles. The van der Waals surface area contributed by atoms with Crippen molar-refractivity contribution in [2.45, 2.75) is 26.7 Å². The van der Waals surface area contributed by atoms with Crippen molar-refractivity contribution in [3.05, 3.63) is 29.3 Å². The average molecular weight is 282 g/mol. The molecule has 0 spiro atoms. The third-order valence-corrected chi connectivity index (χ3v) is 5.17. The first-order valence-electron chi connectivity index (χ1n) is 6.34. The highest BCUT2D eigenvalue weighted by atomic mass is 32.2. The van der Waals surface area contributed by atoms with Crippen molar-refractivity contribution in [3.8, 4) is 5.75 Å². The Labute approximate surface area is 113 Å². The Morgan fingerprint density at radius 2 is 2.11 bits per heavy atom. The second-order valence-corrected chi connectivity index (χ2v) is 7.44. The van der Waals surface area contributed by atoms with Gasteiger partial charge in [-0.25, -0.2) is 8.42 Å².